The number of amides is 2. The molecule has 0 bridgehead atoms. The predicted octanol–water partition coefficient (Wildman–Crippen LogP) is 2.85. The molecule has 0 fully saturated rings. The van der Waals surface area contributed by atoms with Gasteiger partial charge in [-0.3, -0.25) is 20.4 Å². The van der Waals surface area contributed by atoms with Crippen LogP contribution in [0.2, 0.25) is 0 Å². The second-order valence-corrected chi connectivity index (χ2v) is 6.49. The van der Waals surface area contributed by atoms with E-state index in [-0.39, 0.29) is 5.91 Å². The highest BCUT2D eigenvalue weighted by atomic mass is 32.1. The molecule has 0 aliphatic carbocycles. The minimum Gasteiger partial charge on any atom is -0.493 e. The average molecular weight is 348 g/mol. The Morgan fingerprint density at radius 1 is 1.08 bits per heavy atom. The third-order valence-electron chi connectivity index (χ3n) is 3.30. The molecular weight excluding hydrogens is 328 g/mol. The Kier molecular flexibility index (Phi) is 5.81. The van der Waals surface area contributed by atoms with Gasteiger partial charge in [-0.25, -0.2) is 0 Å². The first-order valence-corrected chi connectivity index (χ1v) is 8.26. The first-order valence-electron chi connectivity index (χ1n) is 7.44. The molecule has 0 aliphatic heterocycles. The zero-order valence-corrected chi connectivity index (χ0v) is 14.9. The molecule has 2 amide bonds. The van der Waals surface area contributed by atoms with Gasteiger partial charge in [0.15, 0.2) is 11.5 Å². The molecule has 0 unspecified atom stereocenters. The summed E-state index contributed by atoms with van der Waals surface area (Å²) in [7, 11) is 1.50. The van der Waals surface area contributed by atoms with Crippen LogP contribution in [0.4, 0.5) is 0 Å². The van der Waals surface area contributed by atoms with Gasteiger partial charge in [0, 0.05) is 15.3 Å². The SMILES string of the molecule is CCOc1ccc(C(=O)NNC(=O)c2cc(C)sc2C)cc1OC. The maximum atomic E-state index is 12.2. The fourth-order valence-corrected chi connectivity index (χ4v) is 3.11. The monoisotopic (exact) mass is 348 g/mol. The topological polar surface area (TPSA) is 76.7 Å². The van der Waals surface area contributed by atoms with E-state index in [2.05, 4.69) is 10.9 Å². The first kappa shape index (κ1) is 17.8. The van der Waals surface area contributed by atoms with Crippen LogP contribution in [-0.2, 0) is 0 Å². The molecule has 1 aromatic heterocycles. The van der Waals surface area contributed by atoms with E-state index in [0.29, 0.717) is 29.2 Å². The zero-order chi connectivity index (χ0) is 17.7. The largest absolute Gasteiger partial charge is 0.493 e. The number of aryl methyl sites for hydroxylation is 2. The van der Waals surface area contributed by atoms with Gasteiger partial charge in [0.05, 0.1) is 19.3 Å². The number of methoxy groups -OCH3 is 1. The summed E-state index contributed by atoms with van der Waals surface area (Å²) in [5.74, 6) is 0.238. The van der Waals surface area contributed by atoms with E-state index in [1.807, 2.05) is 20.8 Å². The van der Waals surface area contributed by atoms with Crippen LogP contribution in [0.15, 0.2) is 24.3 Å². The standard InChI is InChI=1S/C17H20N2O4S/c1-5-23-14-7-6-12(9-15(14)22-4)16(20)18-19-17(21)13-8-10(2)24-11(13)3/h6-9H,5H2,1-4H3,(H,18,20)(H,19,21). The number of hydrogen-bond acceptors (Lipinski definition) is 5. The van der Waals surface area contributed by atoms with E-state index < -0.39 is 5.91 Å². The fraction of sp³-hybridized carbons (Fsp3) is 0.294. The lowest BCUT2D eigenvalue weighted by atomic mass is 10.2. The quantitative estimate of drug-likeness (QED) is 0.815. The van der Waals surface area contributed by atoms with E-state index in [1.54, 1.807) is 24.3 Å². The first-order chi connectivity index (χ1) is 11.5. The summed E-state index contributed by atoms with van der Waals surface area (Å²) in [5, 5.41) is 0. The van der Waals surface area contributed by atoms with Crippen LogP contribution in [0.5, 0.6) is 11.5 Å². The lowest BCUT2D eigenvalue weighted by Crippen LogP contribution is -2.41. The van der Waals surface area contributed by atoms with Gasteiger partial charge in [-0.1, -0.05) is 0 Å². The molecule has 0 atom stereocenters. The molecular formula is C17H20N2O4S. The Morgan fingerprint density at radius 2 is 1.79 bits per heavy atom. The third-order valence-corrected chi connectivity index (χ3v) is 4.27. The molecule has 6 nitrogen and oxygen atoms in total. The number of rotatable bonds is 5. The molecule has 1 aromatic carbocycles. The lowest BCUT2D eigenvalue weighted by Gasteiger charge is -2.11. The molecule has 0 saturated heterocycles. The molecule has 128 valence electrons. The maximum absolute atomic E-state index is 12.2. The van der Waals surface area contributed by atoms with Crippen LogP contribution in [0.1, 0.15) is 37.4 Å². The van der Waals surface area contributed by atoms with E-state index in [9.17, 15) is 9.59 Å². The highest BCUT2D eigenvalue weighted by Crippen LogP contribution is 2.28. The van der Waals surface area contributed by atoms with Crippen LogP contribution in [0.3, 0.4) is 0 Å². The van der Waals surface area contributed by atoms with Gasteiger partial charge in [0.1, 0.15) is 0 Å². The summed E-state index contributed by atoms with van der Waals surface area (Å²) in [6, 6.07) is 6.62. The molecule has 0 radical (unpaired) electrons. The van der Waals surface area contributed by atoms with Gasteiger partial charge < -0.3 is 9.47 Å². The van der Waals surface area contributed by atoms with Crippen molar-refractivity contribution in [2.45, 2.75) is 20.8 Å². The molecule has 7 heteroatoms. The smallest absolute Gasteiger partial charge is 0.270 e. The second-order valence-electron chi connectivity index (χ2n) is 5.03. The molecule has 1 heterocycles. The average Bonchev–Trinajstić information content (AvgIpc) is 2.91. The van der Waals surface area contributed by atoms with Crippen molar-refractivity contribution in [3.8, 4) is 11.5 Å². The summed E-state index contributed by atoms with van der Waals surface area (Å²) in [6.07, 6.45) is 0. The highest BCUT2D eigenvalue weighted by molar-refractivity contribution is 7.12. The van der Waals surface area contributed by atoms with E-state index in [0.717, 1.165) is 9.75 Å². The molecule has 0 spiro atoms. The van der Waals surface area contributed by atoms with E-state index in [4.69, 9.17) is 9.47 Å². The Balaban J connectivity index is 2.04. The summed E-state index contributed by atoms with van der Waals surface area (Å²) in [4.78, 5) is 26.2. The van der Waals surface area contributed by atoms with Crippen LogP contribution in [0.25, 0.3) is 0 Å². The number of ether oxygens (including phenoxy) is 2. The molecule has 24 heavy (non-hydrogen) atoms. The number of nitrogens with one attached hydrogen (secondary N) is 2. The van der Waals surface area contributed by atoms with Crippen LogP contribution in [0, 0.1) is 13.8 Å². The number of carbonyl (C=O) groups is 2. The van der Waals surface area contributed by atoms with Crippen molar-refractivity contribution in [1.82, 2.24) is 10.9 Å². The van der Waals surface area contributed by atoms with Crippen molar-refractivity contribution in [3.63, 3.8) is 0 Å². The van der Waals surface area contributed by atoms with Crippen LogP contribution in [-0.4, -0.2) is 25.5 Å². The third kappa shape index (κ3) is 4.05. The summed E-state index contributed by atoms with van der Waals surface area (Å²) >= 11 is 1.54. The summed E-state index contributed by atoms with van der Waals surface area (Å²) < 4.78 is 10.6. The Hall–Kier alpha value is -2.54. The molecule has 2 aromatic rings. The fourth-order valence-electron chi connectivity index (χ4n) is 2.19. The zero-order valence-electron chi connectivity index (χ0n) is 14.1. The van der Waals surface area contributed by atoms with Crippen molar-refractivity contribution in [1.29, 1.82) is 0 Å². The minimum atomic E-state index is -0.436. The second kappa shape index (κ2) is 7.83. The number of hydrazine groups is 1. The van der Waals surface area contributed by atoms with Crippen molar-refractivity contribution in [2.75, 3.05) is 13.7 Å². The minimum absolute atomic E-state index is 0.344. The van der Waals surface area contributed by atoms with Crippen molar-refractivity contribution < 1.29 is 19.1 Å². The van der Waals surface area contributed by atoms with Gasteiger partial charge in [-0.2, -0.15) is 0 Å². The van der Waals surface area contributed by atoms with Gasteiger partial charge in [0.25, 0.3) is 11.8 Å². The van der Waals surface area contributed by atoms with Crippen LogP contribution >= 0.6 is 11.3 Å². The highest BCUT2D eigenvalue weighted by Gasteiger charge is 2.15. The van der Waals surface area contributed by atoms with Gasteiger partial charge >= 0.3 is 0 Å². The van der Waals surface area contributed by atoms with E-state index in [1.165, 1.54) is 18.4 Å². The Bertz CT molecular complexity index is 755. The number of carbonyl (C=O) groups excluding carboxylic acids is 2. The number of benzene rings is 1. The maximum Gasteiger partial charge on any atom is 0.270 e. The molecule has 0 saturated carbocycles. The summed E-state index contributed by atoms with van der Waals surface area (Å²) in [5.41, 5.74) is 5.74. The molecule has 2 rings (SSSR count). The Morgan fingerprint density at radius 3 is 2.38 bits per heavy atom. The van der Waals surface area contributed by atoms with E-state index >= 15 is 0 Å². The van der Waals surface area contributed by atoms with Gasteiger partial charge in [-0.05, 0) is 45.0 Å². The Labute approximate surface area is 144 Å². The van der Waals surface area contributed by atoms with Gasteiger partial charge in [0.2, 0.25) is 0 Å². The van der Waals surface area contributed by atoms with Crippen molar-refractivity contribution >= 4 is 23.2 Å². The normalized spacial score (nSPS) is 10.2. The molecule has 2 N–H and O–H groups in total. The number of hydrogen-bond donors (Lipinski definition) is 2. The van der Waals surface area contributed by atoms with Crippen molar-refractivity contribution in [2.24, 2.45) is 0 Å². The van der Waals surface area contributed by atoms with Gasteiger partial charge in [-0.15, -0.1) is 11.3 Å². The van der Waals surface area contributed by atoms with Crippen molar-refractivity contribution in [3.05, 3.63) is 45.1 Å². The molecule has 0 aliphatic rings. The van der Waals surface area contributed by atoms with Crippen LogP contribution < -0.4 is 20.3 Å². The lowest BCUT2D eigenvalue weighted by molar-refractivity contribution is 0.0846. The number of thiophene rings is 1. The summed E-state index contributed by atoms with van der Waals surface area (Å²) in [6.45, 7) is 6.16. The predicted molar refractivity (Wildman–Crippen MR) is 92.9 cm³/mol.